The first-order chi connectivity index (χ1) is 8.19. The van der Waals surface area contributed by atoms with Crippen molar-refractivity contribution in [1.82, 2.24) is 0 Å². The largest absolute Gasteiger partial charge is 0.385 e. The van der Waals surface area contributed by atoms with Crippen molar-refractivity contribution < 1.29 is 9.90 Å². The Kier molecular flexibility index (Phi) is 2.53. The molecule has 17 heavy (non-hydrogen) atoms. The van der Waals surface area contributed by atoms with Gasteiger partial charge in [0.1, 0.15) is 5.78 Å². The van der Waals surface area contributed by atoms with E-state index in [9.17, 15) is 9.90 Å². The van der Waals surface area contributed by atoms with Gasteiger partial charge in [0.05, 0.1) is 5.60 Å². The molecule has 1 fully saturated rings. The lowest BCUT2D eigenvalue weighted by atomic mass is 9.79. The van der Waals surface area contributed by atoms with Crippen molar-refractivity contribution in [2.75, 3.05) is 0 Å². The molecule has 1 aliphatic carbocycles. The van der Waals surface area contributed by atoms with Crippen LogP contribution >= 0.6 is 11.3 Å². The van der Waals surface area contributed by atoms with Gasteiger partial charge in [-0.1, -0.05) is 18.2 Å². The highest BCUT2D eigenvalue weighted by Crippen LogP contribution is 2.40. The Morgan fingerprint density at radius 1 is 1.18 bits per heavy atom. The summed E-state index contributed by atoms with van der Waals surface area (Å²) in [5.41, 5.74) is 0.190. The van der Waals surface area contributed by atoms with Crippen LogP contribution in [0.5, 0.6) is 0 Å². The molecule has 1 heterocycles. The van der Waals surface area contributed by atoms with Crippen molar-refractivity contribution in [1.29, 1.82) is 0 Å². The maximum absolute atomic E-state index is 11.3. The summed E-state index contributed by atoms with van der Waals surface area (Å²) in [5, 5.41) is 14.0. The van der Waals surface area contributed by atoms with Crippen LogP contribution < -0.4 is 0 Å². The molecule has 3 rings (SSSR count). The van der Waals surface area contributed by atoms with Gasteiger partial charge < -0.3 is 5.11 Å². The first-order valence-corrected chi connectivity index (χ1v) is 6.78. The Labute approximate surface area is 104 Å². The maximum Gasteiger partial charge on any atom is 0.133 e. The van der Waals surface area contributed by atoms with Gasteiger partial charge >= 0.3 is 0 Å². The first kappa shape index (κ1) is 10.9. The molecule has 3 heteroatoms. The highest BCUT2D eigenvalue weighted by Gasteiger charge is 2.35. The average molecular weight is 246 g/mol. The van der Waals surface area contributed by atoms with E-state index in [4.69, 9.17) is 0 Å². The van der Waals surface area contributed by atoms with Gasteiger partial charge in [-0.05, 0) is 29.7 Å². The third-order valence-corrected chi connectivity index (χ3v) is 4.58. The second kappa shape index (κ2) is 3.93. The summed E-state index contributed by atoms with van der Waals surface area (Å²) in [7, 11) is 0. The van der Waals surface area contributed by atoms with E-state index in [-0.39, 0.29) is 5.78 Å². The number of thiophene rings is 1. The lowest BCUT2D eigenvalue weighted by Gasteiger charge is -2.32. The number of hydrogen-bond donors (Lipinski definition) is 1. The fourth-order valence-electron chi connectivity index (χ4n) is 2.57. The minimum atomic E-state index is -0.807. The number of rotatable bonds is 1. The minimum Gasteiger partial charge on any atom is -0.385 e. The number of carbonyl (C=O) groups excluding carboxylic acids is 1. The molecule has 1 saturated carbocycles. The smallest absolute Gasteiger partial charge is 0.133 e. The molecule has 0 saturated heterocycles. The number of Topliss-reactive ketones (excluding diaryl/α,β-unsaturated/α-hetero) is 1. The van der Waals surface area contributed by atoms with Crippen LogP contribution in [0, 0.1) is 0 Å². The van der Waals surface area contributed by atoms with Crippen LogP contribution in [0.3, 0.4) is 0 Å². The predicted molar refractivity (Wildman–Crippen MR) is 69.2 cm³/mol. The lowest BCUT2D eigenvalue weighted by molar-refractivity contribution is -0.125. The van der Waals surface area contributed by atoms with E-state index < -0.39 is 5.60 Å². The zero-order chi connectivity index (χ0) is 11.9. The van der Waals surface area contributed by atoms with E-state index in [0.717, 1.165) is 10.3 Å². The van der Waals surface area contributed by atoms with Crippen LogP contribution in [-0.2, 0) is 10.4 Å². The summed E-state index contributed by atoms with van der Waals surface area (Å²) in [6.07, 6.45) is 2.11. The second-order valence-corrected chi connectivity index (χ2v) is 5.63. The number of fused-ring (bicyclic) bond motifs is 1. The maximum atomic E-state index is 11.3. The summed E-state index contributed by atoms with van der Waals surface area (Å²) < 4.78 is 1.16. The summed E-state index contributed by atoms with van der Waals surface area (Å²) in [6, 6.07) is 8.11. The van der Waals surface area contributed by atoms with Crippen molar-refractivity contribution in [2.24, 2.45) is 0 Å². The van der Waals surface area contributed by atoms with Crippen LogP contribution in [0.25, 0.3) is 10.1 Å². The zero-order valence-corrected chi connectivity index (χ0v) is 10.3. The monoisotopic (exact) mass is 246 g/mol. The number of benzene rings is 1. The molecule has 0 atom stereocenters. The van der Waals surface area contributed by atoms with Gasteiger partial charge in [-0.25, -0.2) is 0 Å². The van der Waals surface area contributed by atoms with Crippen LogP contribution in [0.2, 0.25) is 0 Å². The van der Waals surface area contributed by atoms with E-state index in [1.165, 1.54) is 5.39 Å². The lowest BCUT2D eigenvalue weighted by Crippen LogP contribution is -2.31. The van der Waals surface area contributed by atoms with Crippen LogP contribution in [0.4, 0.5) is 0 Å². The minimum absolute atomic E-state index is 0.271. The molecule has 1 N–H and O–H groups in total. The number of aliphatic hydroxyl groups is 1. The van der Waals surface area contributed by atoms with Crippen LogP contribution in [-0.4, -0.2) is 10.9 Å². The molecule has 88 valence electrons. The number of ketones is 1. The van der Waals surface area contributed by atoms with E-state index in [1.807, 2.05) is 17.5 Å². The Morgan fingerprint density at radius 3 is 2.71 bits per heavy atom. The van der Waals surface area contributed by atoms with Gasteiger partial charge in [-0.3, -0.25) is 4.79 Å². The van der Waals surface area contributed by atoms with Crippen LogP contribution in [0.15, 0.2) is 29.6 Å². The third-order valence-electron chi connectivity index (χ3n) is 3.62. The summed E-state index contributed by atoms with van der Waals surface area (Å²) in [5.74, 6) is 0.271. The summed E-state index contributed by atoms with van der Waals surface area (Å²) in [6.45, 7) is 0. The average Bonchev–Trinajstić information content (AvgIpc) is 2.81. The van der Waals surface area contributed by atoms with Crippen molar-refractivity contribution in [3.8, 4) is 0 Å². The molecule has 0 spiro atoms. The fraction of sp³-hybridized carbons (Fsp3) is 0.357. The van der Waals surface area contributed by atoms with Gasteiger partial charge in [-0.15, -0.1) is 11.3 Å². The van der Waals surface area contributed by atoms with E-state index >= 15 is 0 Å². The van der Waals surface area contributed by atoms with Crippen molar-refractivity contribution in [3.05, 3.63) is 35.2 Å². The standard InChI is InChI=1S/C14H14O2S/c15-11-4-7-14(16,8-5-11)12-3-1-2-10-6-9-17-13(10)12/h1-3,6,9,16H,4-5,7-8H2. The Morgan fingerprint density at radius 2 is 1.94 bits per heavy atom. The van der Waals surface area contributed by atoms with Gasteiger partial charge in [0, 0.05) is 23.1 Å². The van der Waals surface area contributed by atoms with E-state index in [1.54, 1.807) is 11.3 Å². The molecule has 1 aliphatic rings. The van der Waals surface area contributed by atoms with Gasteiger partial charge in [0.25, 0.3) is 0 Å². The molecular weight excluding hydrogens is 232 g/mol. The quantitative estimate of drug-likeness (QED) is 0.838. The Hall–Kier alpha value is -1.19. The molecular formula is C14H14O2S. The third kappa shape index (κ3) is 1.79. The SMILES string of the molecule is O=C1CCC(O)(c2cccc3ccsc23)CC1. The summed E-state index contributed by atoms with van der Waals surface area (Å²) >= 11 is 1.66. The van der Waals surface area contributed by atoms with Crippen molar-refractivity contribution >= 4 is 27.2 Å². The first-order valence-electron chi connectivity index (χ1n) is 5.90. The Balaban J connectivity index is 2.08. The molecule has 0 bridgehead atoms. The number of carbonyl (C=O) groups is 1. The van der Waals surface area contributed by atoms with Crippen molar-refractivity contribution in [2.45, 2.75) is 31.3 Å². The molecule has 1 aromatic heterocycles. The van der Waals surface area contributed by atoms with E-state index in [0.29, 0.717) is 25.7 Å². The fourth-order valence-corrected chi connectivity index (χ4v) is 3.58. The van der Waals surface area contributed by atoms with Gasteiger partial charge in [0.2, 0.25) is 0 Å². The normalized spacial score (nSPS) is 19.7. The highest BCUT2D eigenvalue weighted by molar-refractivity contribution is 7.17. The Bertz CT molecular complexity index is 560. The highest BCUT2D eigenvalue weighted by atomic mass is 32.1. The molecule has 2 aromatic rings. The molecule has 2 nitrogen and oxygen atoms in total. The van der Waals surface area contributed by atoms with Gasteiger partial charge in [-0.2, -0.15) is 0 Å². The molecule has 0 unspecified atom stereocenters. The van der Waals surface area contributed by atoms with Crippen molar-refractivity contribution in [3.63, 3.8) is 0 Å². The number of hydrogen-bond acceptors (Lipinski definition) is 3. The molecule has 0 aliphatic heterocycles. The van der Waals surface area contributed by atoms with Crippen LogP contribution in [0.1, 0.15) is 31.2 Å². The predicted octanol–water partition coefficient (Wildman–Crippen LogP) is 3.23. The van der Waals surface area contributed by atoms with E-state index in [2.05, 4.69) is 12.1 Å². The summed E-state index contributed by atoms with van der Waals surface area (Å²) in [4.78, 5) is 11.3. The molecule has 0 amide bonds. The van der Waals surface area contributed by atoms with Gasteiger partial charge in [0.15, 0.2) is 0 Å². The molecule has 0 radical (unpaired) electrons. The zero-order valence-electron chi connectivity index (χ0n) is 9.48. The topological polar surface area (TPSA) is 37.3 Å². The second-order valence-electron chi connectivity index (χ2n) is 4.71. The molecule has 1 aromatic carbocycles.